The van der Waals surface area contributed by atoms with E-state index in [1.54, 1.807) is 6.92 Å². The van der Waals surface area contributed by atoms with Gasteiger partial charge in [0.1, 0.15) is 0 Å². The summed E-state index contributed by atoms with van der Waals surface area (Å²) in [7, 11) is 5.21. The molecule has 0 saturated heterocycles. The third-order valence-electron chi connectivity index (χ3n) is 2.01. The number of hydrogen-bond donors (Lipinski definition) is 2. The summed E-state index contributed by atoms with van der Waals surface area (Å²) in [5, 5.41) is 12.0. The zero-order valence-corrected chi connectivity index (χ0v) is 12.1. The Morgan fingerprint density at radius 3 is 2.68 bits per heavy atom. The number of urea groups is 1. The van der Waals surface area contributed by atoms with Crippen LogP contribution in [0.2, 0.25) is 0 Å². The minimum Gasteiger partial charge on any atom is -0.415 e. The number of imide groups is 1. The lowest BCUT2D eigenvalue weighted by Crippen LogP contribution is -2.41. The van der Waals surface area contributed by atoms with Gasteiger partial charge in [0.05, 0.1) is 11.8 Å². The third-order valence-corrected chi connectivity index (χ3v) is 2.94. The van der Waals surface area contributed by atoms with Crippen molar-refractivity contribution in [2.24, 2.45) is 0 Å². The second-order valence-electron chi connectivity index (χ2n) is 4.03. The number of amides is 3. The lowest BCUT2D eigenvalue weighted by Gasteiger charge is -2.08. The summed E-state index contributed by atoms with van der Waals surface area (Å²) in [6.07, 6.45) is 0. The lowest BCUT2D eigenvalue weighted by molar-refractivity contribution is -0.119. The molecule has 0 fully saturated rings. The molecule has 1 aromatic rings. The van der Waals surface area contributed by atoms with E-state index in [-0.39, 0.29) is 0 Å². The standard InChI is InChI=1S/C10H17N5O3S/c1-6(8(16)12-9(17)11-2)19-10-14-13-7(18-10)5-15(3)4/h6H,5H2,1-4H3,(H2,11,12,16,17)/t6-/m0/s1. The van der Waals surface area contributed by atoms with Crippen LogP contribution in [0.4, 0.5) is 4.79 Å². The molecule has 0 radical (unpaired) electrons. The number of carbonyl (C=O) groups excluding carboxylic acids is 2. The molecule has 19 heavy (non-hydrogen) atoms. The SMILES string of the molecule is CNC(=O)NC(=O)[C@H](C)Sc1nnc(CN(C)C)o1. The molecular formula is C10H17N5O3S. The Kier molecular flexibility index (Phi) is 5.77. The quantitative estimate of drug-likeness (QED) is 0.739. The first-order chi connectivity index (χ1) is 8.92. The van der Waals surface area contributed by atoms with Crippen molar-refractivity contribution in [3.05, 3.63) is 5.89 Å². The Balaban J connectivity index is 2.52. The van der Waals surface area contributed by atoms with E-state index in [2.05, 4.69) is 20.8 Å². The van der Waals surface area contributed by atoms with E-state index in [1.165, 1.54) is 7.05 Å². The molecule has 0 aliphatic heterocycles. The number of nitrogens with one attached hydrogen (secondary N) is 2. The number of carbonyl (C=O) groups is 2. The predicted octanol–water partition coefficient (Wildman–Crippen LogP) is 0.0674. The van der Waals surface area contributed by atoms with Gasteiger partial charge in [-0.15, -0.1) is 10.2 Å². The summed E-state index contributed by atoms with van der Waals surface area (Å²) >= 11 is 1.10. The van der Waals surface area contributed by atoms with Crippen molar-refractivity contribution in [1.82, 2.24) is 25.7 Å². The Labute approximate surface area is 115 Å². The van der Waals surface area contributed by atoms with Crippen molar-refractivity contribution in [2.45, 2.75) is 23.9 Å². The monoisotopic (exact) mass is 287 g/mol. The Bertz CT molecular complexity index is 448. The van der Waals surface area contributed by atoms with Gasteiger partial charge in [0.15, 0.2) is 0 Å². The number of aromatic nitrogens is 2. The van der Waals surface area contributed by atoms with Gasteiger partial charge in [-0.3, -0.25) is 10.1 Å². The first kappa shape index (κ1) is 15.4. The molecule has 8 nitrogen and oxygen atoms in total. The highest BCUT2D eigenvalue weighted by Crippen LogP contribution is 2.21. The first-order valence-electron chi connectivity index (χ1n) is 5.58. The molecule has 1 heterocycles. The van der Waals surface area contributed by atoms with Crippen molar-refractivity contribution in [2.75, 3.05) is 21.1 Å². The molecule has 0 aliphatic carbocycles. The zero-order chi connectivity index (χ0) is 14.4. The molecule has 3 amide bonds. The second-order valence-corrected chi connectivity index (χ2v) is 5.32. The molecule has 0 saturated carbocycles. The van der Waals surface area contributed by atoms with Crippen molar-refractivity contribution in [1.29, 1.82) is 0 Å². The first-order valence-corrected chi connectivity index (χ1v) is 6.46. The van der Waals surface area contributed by atoms with Gasteiger partial charge in [-0.05, 0) is 21.0 Å². The largest absolute Gasteiger partial charge is 0.415 e. The van der Waals surface area contributed by atoms with Crippen LogP contribution in [0, 0.1) is 0 Å². The Morgan fingerprint density at radius 1 is 1.42 bits per heavy atom. The highest BCUT2D eigenvalue weighted by atomic mass is 32.2. The molecule has 1 rings (SSSR count). The minimum atomic E-state index is -0.545. The van der Waals surface area contributed by atoms with Gasteiger partial charge in [-0.25, -0.2) is 4.79 Å². The van der Waals surface area contributed by atoms with Crippen molar-refractivity contribution < 1.29 is 14.0 Å². The van der Waals surface area contributed by atoms with Gasteiger partial charge in [0.2, 0.25) is 11.8 Å². The fourth-order valence-electron chi connectivity index (χ4n) is 1.10. The van der Waals surface area contributed by atoms with E-state index < -0.39 is 17.2 Å². The van der Waals surface area contributed by atoms with Crippen LogP contribution in [-0.2, 0) is 11.3 Å². The number of hydrogen-bond acceptors (Lipinski definition) is 7. The molecule has 0 aromatic carbocycles. The molecule has 0 aliphatic rings. The van der Waals surface area contributed by atoms with Crippen LogP contribution in [0.25, 0.3) is 0 Å². The predicted molar refractivity (Wildman–Crippen MR) is 69.6 cm³/mol. The summed E-state index contributed by atoms with van der Waals surface area (Å²) < 4.78 is 5.37. The molecular weight excluding hydrogens is 270 g/mol. The maximum Gasteiger partial charge on any atom is 0.321 e. The molecule has 106 valence electrons. The third kappa shape index (κ3) is 5.26. The Hall–Kier alpha value is -1.61. The van der Waals surface area contributed by atoms with Crippen molar-refractivity contribution >= 4 is 23.7 Å². The fraction of sp³-hybridized carbons (Fsp3) is 0.600. The van der Waals surface area contributed by atoms with Crippen LogP contribution >= 0.6 is 11.8 Å². The second kappa shape index (κ2) is 7.10. The maximum atomic E-state index is 11.6. The summed E-state index contributed by atoms with van der Waals surface area (Å²) in [5.41, 5.74) is 0. The van der Waals surface area contributed by atoms with E-state index in [0.717, 1.165) is 11.8 Å². The molecule has 9 heteroatoms. The molecule has 1 atom stereocenters. The average Bonchev–Trinajstić information content (AvgIpc) is 2.75. The molecule has 2 N–H and O–H groups in total. The number of nitrogens with zero attached hydrogens (tertiary/aromatic N) is 3. The van der Waals surface area contributed by atoms with Gasteiger partial charge in [-0.2, -0.15) is 0 Å². The highest BCUT2D eigenvalue weighted by molar-refractivity contribution is 8.00. The number of thioether (sulfide) groups is 1. The zero-order valence-electron chi connectivity index (χ0n) is 11.3. The molecule has 0 spiro atoms. The van der Waals surface area contributed by atoms with Crippen LogP contribution in [0.1, 0.15) is 12.8 Å². The number of rotatable bonds is 5. The minimum absolute atomic E-state index is 0.302. The summed E-state index contributed by atoms with van der Waals surface area (Å²) in [5.74, 6) is 0.0584. The molecule has 0 unspecified atom stereocenters. The van der Waals surface area contributed by atoms with E-state index in [1.807, 2.05) is 19.0 Å². The van der Waals surface area contributed by atoms with Gasteiger partial charge in [0.25, 0.3) is 5.22 Å². The van der Waals surface area contributed by atoms with E-state index in [4.69, 9.17) is 4.42 Å². The van der Waals surface area contributed by atoms with Crippen molar-refractivity contribution in [3.63, 3.8) is 0 Å². The Morgan fingerprint density at radius 2 is 2.11 bits per heavy atom. The van der Waals surface area contributed by atoms with Gasteiger partial charge < -0.3 is 14.6 Å². The van der Waals surface area contributed by atoms with Gasteiger partial charge >= 0.3 is 6.03 Å². The fourth-order valence-corrected chi connectivity index (χ4v) is 1.80. The van der Waals surface area contributed by atoms with Crippen molar-refractivity contribution in [3.8, 4) is 0 Å². The van der Waals surface area contributed by atoms with E-state index in [0.29, 0.717) is 17.7 Å². The van der Waals surface area contributed by atoms with E-state index in [9.17, 15) is 9.59 Å². The van der Waals surface area contributed by atoms with Crippen LogP contribution < -0.4 is 10.6 Å². The molecule has 1 aromatic heterocycles. The average molecular weight is 287 g/mol. The van der Waals surface area contributed by atoms with Crippen LogP contribution in [0.3, 0.4) is 0 Å². The van der Waals surface area contributed by atoms with E-state index >= 15 is 0 Å². The maximum absolute atomic E-state index is 11.6. The van der Waals surface area contributed by atoms with Gasteiger partial charge in [0, 0.05) is 7.05 Å². The van der Waals surface area contributed by atoms with Gasteiger partial charge in [-0.1, -0.05) is 11.8 Å². The molecule has 0 bridgehead atoms. The normalized spacial score (nSPS) is 12.3. The smallest absolute Gasteiger partial charge is 0.321 e. The van der Waals surface area contributed by atoms with Crippen LogP contribution in [-0.4, -0.2) is 53.4 Å². The highest BCUT2D eigenvalue weighted by Gasteiger charge is 2.19. The van der Waals surface area contributed by atoms with Crippen LogP contribution in [0.15, 0.2) is 9.64 Å². The van der Waals surface area contributed by atoms with Crippen LogP contribution in [0.5, 0.6) is 0 Å². The lowest BCUT2D eigenvalue weighted by atomic mass is 10.4. The summed E-state index contributed by atoms with van der Waals surface area (Å²) in [6, 6.07) is -0.545. The summed E-state index contributed by atoms with van der Waals surface area (Å²) in [6.45, 7) is 2.19. The topological polar surface area (TPSA) is 100 Å². The summed E-state index contributed by atoms with van der Waals surface area (Å²) in [4.78, 5) is 24.5.